The number of para-hydroxylation sites is 3. The van der Waals surface area contributed by atoms with E-state index in [0.29, 0.717) is 23.1 Å². The molecule has 0 unspecified atom stereocenters. The minimum Gasteiger partial charge on any atom is -0.489 e. The highest BCUT2D eigenvalue weighted by atomic mass is 16.5. The highest BCUT2D eigenvalue weighted by Crippen LogP contribution is 2.25. The fourth-order valence-electron chi connectivity index (χ4n) is 2.69. The summed E-state index contributed by atoms with van der Waals surface area (Å²) in [6.07, 6.45) is 0.00395. The maximum Gasteiger partial charge on any atom is 0.274 e. The number of nitrogens with zero attached hydrogens (tertiary/aromatic N) is 2. The van der Waals surface area contributed by atoms with Crippen molar-refractivity contribution in [2.45, 2.75) is 33.8 Å². The van der Waals surface area contributed by atoms with Crippen LogP contribution in [0.5, 0.6) is 5.75 Å². The molecule has 0 saturated carbocycles. The number of ether oxygens (including phenoxy) is 1. The number of aryl methyl sites for hydroxylation is 2. The molecule has 0 aliphatic rings. The van der Waals surface area contributed by atoms with Crippen LogP contribution < -0.4 is 15.4 Å². The van der Waals surface area contributed by atoms with Crippen LogP contribution in [-0.4, -0.2) is 22.0 Å². The molecule has 0 aliphatic carbocycles. The Labute approximate surface area is 165 Å². The maximum absolute atomic E-state index is 12.8. The van der Waals surface area contributed by atoms with Crippen LogP contribution in [-0.2, 0) is 0 Å². The van der Waals surface area contributed by atoms with Gasteiger partial charge in [-0.1, -0.05) is 30.3 Å². The molecule has 0 saturated heterocycles. The van der Waals surface area contributed by atoms with Crippen molar-refractivity contribution in [2.24, 2.45) is 0 Å². The van der Waals surface area contributed by atoms with Crippen molar-refractivity contribution in [2.75, 3.05) is 10.6 Å². The van der Waals surface area contributed by atoms with E-state index in [9.17, 15) is 4.79 Å². The molecular weight excluding hydrogens is 352 g/mol. The number of nitrogens with one attached hydrogen (secondary N) is 2. The van der Waals surface area contributed by atoms with Crippen LogP contribution in [0, 0.1) is 13.8 Å². The van der Waals surface area contributed by atoms with Crippen LogP contribution in [0.15, 0.2) is 54.6 Å². The Hall–Kier alpha value is -3.41. The van der Waals surface area contributed by atoms with Crippen LogP contribution in [0.4, 0.5) is 17.3 Å². The van der Waals surface area contributed by atoms with Crippen molar-refractivity contribution < 1.29 is 9.53 Å². The molecule has 28 heavy (non-hydrogen) atoms. The fourth-order valence-corrected chi connectivity index (χ4v) is 2.69. The minimum absolute atomic E-state index is 0.00395. The average molecular weight is 376 g/mol. The second kappa shape index (κ2) is 8.52. The first kappa shape index (κ1) is 19.4. The van der Waals surface area contributed by atoms with Gasteiger partial charge in [0.15, 0.2) is 0 Å². The number of carbonyl (C=O) groups excluding carboxylic acids is 1. The van der Waals surface area contributed by atoms with E-state index in [-0.39, 0.29) is 17.7 Å². The number of benzene rings is 2. The Balaban J connectivity index is 1.83. The van der Waals surface area contributed by atoms with Crippen LogP contribution in [0.2, 0.25) is 0 Å². The average Bonchev–Trinajstić information content (AvgIpc) is 2.64. The zero-order valence-corrected chi connectivity index (χ0v) is 16.5. The van der Waals surface area contributed by atoms with Crippen LogP contribution in [0.1, 0.15) is 35.6 Å². The lowest BCUT2D eigenvalue weighted by atomic mass is 10.2. The monoisotopic (exact) mass is 376 g/mol. The van der Waals surface area contributed by atoms with Crippen molar-refractivity contribution in [3.05, 3.63) is 71.5 Å². The minimum atomic E-state index is -0.321. The zero-order valence-electron chi connectivity index (χ0n) is 16.5. The summed E-state index contributed by atoms with van der Waals surface area (Å²) < 4.78 is 5.76. The van der Waals surface area contributed by atoms with Gasteiger partial charge in [-0.15, -0.1) is 0 Å². The third-order valence-corrected chi connectivity index (χ3v) is 3.98. The summed E-state index contributed by atoms with van der Waals surface area (Å²) in [6.45, 7) is 7.71. The Morgan fingerprint density at radius 2 is 1.64 bits per heavy atom. The summed E-state index contributed by atoms with van der Waals surface area (Å²) in [6, 6.07) is 16.8. The molecule has 0 bridgehead atoms. The summed E-state index contributed by atoms with van der Waals surface area (Å²) in [5, 5.41) is 6.06. The van der Waals surface area contributed by atoms with E-state index in [1.54, 1.807) is 12.1 Å². The number of anilines is 3. The molecule has 144 valence electrons. The summed E-state index contributed by atoms with van der Waals surface area (Å²) >= 11 is 0. The van der Waals surface area contributed by atoms with Gasteiger partial charge in [-0.05, 0) is 57.5 Å². The third-order valence-electron chi connectivity index (χ3n) is 3.98. The molecule has 1 heterocycles. The number of rotatable bonds is 6. The van der Waals surface area contributed by atoms with Crippen LogP contribution in [0.3, 0.4) is 0 Å². The predicted octanol–water partition coefficient (Wildman–Crippen LogP) is 4.88. The molecule has 0 spiro atoms. The third kappa shape index (κ3) is 4.85. The second-order valence-corrected chi connectivity index (χ2v) is 6.77. The first-order chi connectivity index (χ1) is 13.4. The van der Waals surface area contributed by atoms with E-state index in [2.05, 4.69) is 20.6 Å². The largest absolute Gasteiger partial charge is 0.489 e. The second-order valence-electron chi connectivity index (χ2n) is 6.77. The maximum atomic E-state index is 12.8. The summed E-state index contributed by atoms with van der Waals surface area (Å²) in [4.78, 5) is 21.6. The molecule has 6 heteroatoms. The lowest BCUT2D eigenvalue weighted by Gasteiger charge is -2.15. The Morgan fingerprint density at radius 3 is 2.36 bits per heavy atom. The van der Waals surface area contributed by atoms with E-state index >= 15 is 0 Å². The van der Waals surface area contributed by atoms with Crippen LogP contribution in [0.25, 0.3) is 0 Å². The quantitative estimate of drug-likeness (QED) is 0.641. The molecule has 1 amide bonds. The smallest absolute Gasteiger partial charge is 0.274 e. The first-order valence-electron chi connectivity index (χ1n) is 9.18. The van der Waals surface area contributed by atoms with Crippen molar-refractivity contribution in [3.8, 4) is 5.75 Å². The molecule has 2 aromatic carbocycles. The zero-order chi connectivity index (χ0) is 20.1. The topological polar surface area (TPSA) is 76.1 Å². The lowest BCUT2D eigenvalue weighted by Crippen LogP contribution is -2.17. The number of carbonyl (C=O) groups is 1. The summed E-state index contributed by atoms with van der Waals surface area (Å²) in [5.41, 5.74) is 3.55. The van der Waals surface area contributed by atoms with E-state index in [0.717, 1.165) is 11.3 Å². The van der Waals surface area contributed by atoms with Gasteiger partial charge in [0.05, 0.1) is 11.8 Å². The van der Waals surface area contributed by atoms with Crippen molar-refractivity contribution in [1.82, 2.24) is 9.97 Å². The molecule has 6 nitrogen and oxygen atoms in total. The van der Waals surface area contributed by atoms with Crippen LogP contribution >= 0.6 is 0 Å². The highest BCUT2D eigenvalue weighted by Gasteiger charge is 2.14. The van der Waals surface area contributed by atoms with Gasteiger partial charge >= 0.3 is 0 Å². The summed E-state index contributed by atoms with van der Waals surface area (Å²) in [5.74, 6) is 0.680. The highest BCUT2D eigenvalue weighted by molar-refractivity contribution is 6.03. The predicted molar refractivity (Wildman–Crippen MR) is 111 cm³/mol. The van der Waals surface area contributed by atoms with Crippen molar-refractivity contribution in [3.63, 3.8) is 0 Å². The molecule has 1 aromatic heterocycles. The van der Waals surface area contributed by atoms with Gasteiger partial charge in [-0.25, -0.2) is 9.97 Å². The standard InChI is InChI=1S/C22H24N4O2/c1-14(2)28-20-12-8-7-11-18(20)24-21(27)19-13-16(4)23-22(26-19)25-17-10-6-5-9-15(17)3/h5-14H,1-4H3,(H,24,27)(H,23,25,26). The Kier molecular flexibility index (Phi) is 5.89. The number of aromatic nitrogens is 2. The van der Waals surface area contributed by atoms with Gasteiger partial charge in [0.2, 0.25) is 5.95 Å². The van der Waals surface area contributed by atoms with Gasteiger partial charge in [-0.3, -0.25) is 4.79 Å². The number of hydrogen-bond donors (Lipinski definition) is 2. The SMILES string of the molecule is Cc1cc(C(=O)Nc2ccccc2OC(C)C)nc(Nc2ccccc2C)n1. The molecule has 3 aromatic rings. The van der Waals surface area contributed by atoms with E-state index in [1.165, 1.54) is 0 Å². The van der Waals surface area contributed by atoms with E-state index < -0.39 is 0 Å². The molecule has 0 fully saturated rings. The normalized spacial score (nSPS) is 10.6. The summed E-state index contributed by atoms with van der Waals surface area (Å²) in [7, 11) is 0. The fraction of sp³-hybridized carbons (Fsp3) is 0.227. The van der Waals surface area contributed by atoms with Gasteiger partial charge in [0.1, 0.15) is 11.4 Å². The molecule has 0 atom stereocenters. The van der Waals surface area contributed by atoms with Gasteiger partial charge in [0, 0.05) is 11.4 Å². The van der Waals surface area contributed by atoms with Crippen molar-refractivity contribution >= 4 is 23.2 Å². The first-order valence-corrected chi connectivity index (χ1v) is 9.18. The lowest BCUT2D eigenvalue weighted by molar-refractivity contribution is 0.102. The molecular formula is C22H24N4O2. The number of amides is 1. The Morgan fingerprint density at radius 1 is 0.964 bits per heavy atom. The van der Waals surface area contributed by atoms with Gasteiger partial charge in [0.25, 0.3) is 5.91 Å². The molecule has 0 aliphatic heterocycles. The molecule has 3 rings (SSSR count). The van der Waals surface area contributed by atoms with E-state index in [4.69, 9.17) is 4.74 Å². The van der Waals surface area contributed by atoms with E-state index in [1.807, 2.05) is 70.2 Å². The number of hydrogen-bond acceptors (Lipinski definition) is 5. The molecule has 2 N–H and O–H groups in total. The van der Waals surface area contributed by atoms with Gasteiger partial charge in [-0.2, -0.15) is 0 Å². The van der Waals surface area contributed by atoms with Gasteiger partial charge < -0.3 is 15.4 Å². The Bertz CT molecular complexity index is 986. The van der Waals surface area contributed by atoms with Crippen molar-refractivity contribution in [1.29, 1.82) is 0 Å². The molecule has 0 radical (unpaired) electrons.